The van der Waals surface area contributed by atoms with E-state index in [0.29, 0.717) is 13.0 Å². The number of aliphatic carboxylic acids is 1. The van der Waals surface area contributed by atoms with E-state index in [9.17, 15) is 14.7 Å². The third kappa shape index (κ3) is 5.97. The summed E-state index contributed by atoms with van der Waals surface area (Å²) in [7, 11) is 0. The van der Waals surface area contributed by atoms with Gasteiger partial charge in [0.1, 0.15) is 5.75 Å². The smallest absolute Gasteiger partial charge is 0.308 e. The van der Waals surface area contributed by atoms with Gasteiger partial charge in [0, 0.05) is 6.54 Å². The Balaban J connectivity index is 2.60. The van der Waals surface area contributed by atoms with Crippen molar-refractivity contribution in [3.05, 3.63) is 29.8 Å². The predicted molar refractivity (Wildman–Crippen MR) is 88.4 cm³/mol. The van der Waals surface area contributed by atoms with Gasteiger partial charge in [-0.2, -0.15) is 11.8 Å². The number of nitrogens with one attached hydrogen (secondary N) is 1. The summed E-state index contributed by atoms with van der Waals surface area (Å²) in [5, 5.41) is 11.8. The van der Waals surface area contributed by atoms with E-state index in [0.717, 1.165) is 11.3 Å². The molecular formula is C16H23NO4S. The average Bonchev–Trinajstić information content (AvgIpc) is 2.51. The largest absolute Gasteiger partial charge is 0.494 e. The molecule has 122 valence electrons. The molecule has 0 saturated heterocycles. The molecule has 2 N–H and O–H groups in total. The van der Waals surface area contributed by atoms with Crippen LogP contribution in [0.4, 0.5) is 0 Å². The summed E-state index contributed by atoms with van der Waals surface area (Å²) in [5.74, 6) is -0.924. The van der Waals surface area contributed by atoms with Crippen LogP contribution in [-0.4, -0.2) is 41.6 Å². The number of benzene rings is 1. The van der Waals surface area contributed by atoms with Crippen LogP contribution in [0.1, 0.15) is 19.4 Å². The first-order chi connectivity index (χ1) is 10.5. The zero-order valence-corrected chi connectivity index (χ0v) is 14.0. The van der Waals surface area contributed by atoms with Gasteiger partial charge in [0.15, 0.2) is 0 Å². The van der Waals surface area contributed by atoms with Gasteiger partial charge in [-0.25, -0.2) is 0 Å². The Bertz CT molecular complexity index is 489. The topological polar surface area (TPSA) is 75.6 Å². The minimum absolute atomic E-state index is 0.131. The van der Waals surface area contributed by atoms with Crippen LogP contribution in [-0.2, 0) is 16.0 Å². The van der Waals surface area contributed by atoms with Crippen molar-refractivity contribution in [2.75, 3.05) is 19.4 Å². The fraction of sp³-hybridized carbons (Fsp3) is 0.500. The quantitative estimate of drug-likeness (QED) is 0.728. The third-order valence-electron chi connectivity index (χ3n) is 3.31. The fourth-order valence-electron chi connectivity index (χ4n) is 1.89. The van der Waals surface area contributed by atoms with E-state index in [1.54, 1.807) is 6.92 Å². The van der Waals surface area contributed by atoms with Crippen LogP contribution in [0.25, 0.3) is 0 Å². The molecular weight excluding hydrogens is 302 g/mol. The van der Waals surface area contributed by atoms with Crippen molar-refractivity contribution in [2.45, 2.75) is 25.5 Å². The van der Waals surface area contributed by atoms with E-state index < -0.39 is 11.9 Å². The number of carboxylic acid groups (broad SMARTS) is 1. The molecule has 0 bridgehead atoms. The number of hydrogen-bond donors (Lipinski definition) is 2. The highest BCUT2D eigenvalue weighted by atomic mass is 32.2. The number of rotatable bonds is 9. The summed E-state index contributed by atoms with van der Waals surface area (Å²) in [5.41, 5.74) is 0.906. The van der Waals surface area contributed by atoms with Crippen LogP contribution < -0.4 is 10.1 Å². The van der Waals surface area contributed by atoms with Crippen LogP contribution in [0.2, 0.25) is 0 Å². The van der Waals surface area contributed by atoms with Gasteiger partial charge in [-0.15, -0.1) is 0 Å². The Labute approximate surface area is 135 Å². The number of carbonyl (C=O) groups excluding carboxylic acids is 1. The van der Waals surface area contributed by atoms with Crippen molar-refractivity contribution in [1.82, 2.24) is 5.32 Å². The second kappa shape index (κ2) is 9.35. The molecule has 1 aromatic rings. The number of ether oxygens (including phenoxy) is 1. The van der Waals surface area contributed by atoms with Gasteiger partial charge in [-0.1, -0.05) is 12.1 Å². The second-order valence-electron chi connectivity index (χ2n) is 4.94. The van der Waals surface area contributed by atoms with E-state index >= 15 is 0 Å². The van der Waals surface area contributed by atoms with Crippen LogP contribution in [0, 0.1) is 5.92 Å². The molecule has 0 heterocycles. The Morgan fingerprint density at radius 1 is 1.32 bits per heavy atom. The van der Waals surface area contributed by atoms with Crippen molar-refractivity contribution in [2.24, 2.45) is 5.92 Å². The first-order valence-corrected chi connectivity index (χ1v) is 8.51. The molecule has 0 aliphatic rings. The first kappa shape index (κ1) is 18.4. The Morgan fingerprint density at radius 2 is 1.95 bits per heavy atom. The van der Waals surface area contributed by atoms with E-state index in [1.807, 2.05) is 37.4 Å². The summed E-state index contributed by atoms with van der Waals surface area (Å²) in [6, 6.07) is 7.36. The molecule has 1 rings (SSSR count). The highest BCUT2D eigenvalue weighted by molar-refractivity contribution is 7.99. The molecule has 0 saturated carbocycles. The van der Waals surface area contributed by atoms with Crippen molar-refractivity contribution in [3.63, 3.8) is 0 Å². The van der Waals surface area contributed by atoms with E-state index in [4.69, 9.17) is 4.74 Å². The van der Waals surface area contributed by atoms with Gasteiger partial charge in [0.2, 0.25) is 5.91 Å². The maximum absolute atomic E-state index is 11.7. The molecule has 0 aliphatic heterocycles. The molecule has 1 amide bonds. The monoisotopic (exact) mass is 325 g/mol. The highest BCUT2D eigenvalue weighted by Gasteiger charge is 2.20. The lowest BCUT2D eigenvalue weighted by molar-refractivity contribution is -0.141. The van der Waals surface area contributed by atoms with Crippen LogP contribution in [0.3, 0.4) is 0 Å². The van der Waals surface area contributed by atoms with Crippen molar-refractivity contribution in [3.8, 4) is 5.75 Å². The van der Waals surface area contributed by atoms with E-state index in [-0.39, 0.29) is 17.7 Å². The zero-order chi connectivity index (χ0) is 16.5. The maximum atomic E-state index is 11.7. The molecule has 6 heteroatoms. The Morgan fingerprint density at radius 3 is 2.45 bits per heavy atom. The SMILES string of the molecule is CCOc1ccc(CC(CNC(=O)C(C)SC)C(=O)O)cc1. The number of thioether (sulfide) groups is 1. The van der Waals surface area contributed by atoms with Crippen molar-refractivity contribution < 1.29 is 19.4 Å². The molecule has 2 unspecified atom stereocenters. The Hall–Kier alpha value is -1.69. The molecule has 0 aliphatic carbocycles. The summed E-state index contributed by atoms with van der Waals surface area (Å²) in [4.78, 5) is 23.1. The lowest BCUT2D eigenvalue weighted by Crippen LogP contribution is -2.37. The lowest BCUT2D eigenvalue weighted by atomic mass is 9.99. The van der Waals surface area contributed by atoms with E-state index in [1.165, 1.54) is 11.8 Å². The number of amides is 1. The molecule has 0 radical (unpaired) electrons. The number of hydrogen-bond acceptors (Lipinski definition) is 4. The minimum Gasteiger partial charge on any atom is -0.494 e. The van der Waals surface area contributed by atoms with Crippen LogP contribution in [0.15, 0.2) is 24.3 Å². The summed E-state index contributed by atoms with van der Waals surface area (Å²) < 4.78 is 5.36. The summed E-state index contributed by atoms with van der Waals surface area (Å²) >= 11 is 1.43. The summed E-state index contributed by atoms with van der Waals surface area (Å²) in [6.45, 7) is 4.43. The molecule has 0 spiro atoms. The molecule has 0 fully saturated rings. The average molecular weight is 325 g/mol. The van der Waals surface area contributed by atoms with Crippen molar-refractivity contribution >= 4 is 23.6 Å². The molecule has 1 aromatic carbocycles. The molecule has 22 heavy (non-hydrogen) atoms. The summed E-state index contributed by atoms with van der Waals surface area (Å²) in [6.07, 6.45) is 2.22. The molecule has 5 nitrogen and oxygen atoms in total. The standard InChI is InChI=1S/C16H23NO4S/c1-4-21-14-7-5-12(6-8-14)9-13(16(19)20)10-17-15(18)11(2)22-3/h5-8,11,13H,4,9-10H2,1-3H3,(H,17,18)(H,19,20). The van der Waals surface area contributed by atoms with Gasteiger partial charge in [-0.05, 0) is 44.2 Å². The first-order valence-electron chi connectivity index (χ1n) is 7.23. The van der Waals surface area contributed by atoms with Gasteiger partial charge >= 0.3 is 5.97 Å². The number of carbonyl (C=O) groups is 2. The van der Waals surface area contributed by atoms with E-state index in [2.05, 4.69) is 5.32 Å². The normalized spacial score (nSPS) is 13.2. The minimum atomic E-state index is -0.911. The fourth-order valence-corrected chi connectivity index (χ4v) is 2.19. The third-order valence-corrected chi connectivity index (χ3v) is 4.23. The molecule has 0 aromatic heterocycles. The lowest BCUT2D eigenvalue weighted by Gasteiger charge is -2.15. The van der Waals surface area contributed by atoms with Gasteiger partial charge in [-0.3, -0.25) is 9.59 Å². The second-order valence-corrected chi connectivity index (χ2v) is 6.12. The van der Waals surface area contributed by atoms with Gasteiger partial charge < -0.3 is 15.2 Å². The number of carboxylic acids is 1. The highest BCUT2D eigenvalue weighted by Crippen LogP contribution is 2.15. The molecule has 2 atom stereocenters. The van der Waals surface area contributed by atoms with Crippen LogP contribution >= 0.6 is 11.8 Å². The maximum Gasteiger partial charge on any atom is 0.308 e. The predicted octanol–water partition coefficient (Wildman–Crippen LogP) is 2.20. The zero-order valence-electron chi connectivity index (χ0n) is 13.2. The van der Waals surface area contributed by atoms with Gasteiger partial charge in [0.05, 0.1) is 17.8 Å². The Kier molecular flexibility index (Phi) is 7.80. The van der Waals surface area contributed by atoms with Crippen LogP contribution in [0.5, 0.6) is 5.75 Å². The van der Waals surface area contributed by atoms with Crippen molar-refractivity contribution in [1.29, 1.82) is 0 Å². The van der Waals surface area contributed by atoms with Gasteiger partial charge in [0.25, 0.3) is 0 Å².